The van der Waals surface area contributed by atoms with Crippen LogP contribution in [0.1, 0.15) is 69.5 Å². The van der Waals surface area contributed by atoms with Gasteiger partial charge >= 0.3 is 0 Å². The smallest absolute Gasteiger partial charge is 0.119 e. The fourth-order valence-corrected chi connectivity index (χ4v) is 3.93. The molecule has 0 spiro atoms. The third-order valence-electron chi connectivity index (χ3n) is 5.44. The van der Waals surface area contributed by atoms with Gasteiger partial charge in [0, 0.05) is 12.1 Å². The molecule has 2 heteroatoms. The highest BCUT2D eigenvalue weighted by Crippen LogP contribution is 2.38. The number of hydrogen-bond acceptors (Lipinski definition) is 2. The van der Waals surface area contributed by atoms with Crippen molar-refractivity contribution in [3.8, 4) is 5.75 Å². The van der Waals surface area contributed by atoms with Gasteiger partial charge in [-0.1, -0.05) is 19.9 Å². The van der Waals surface area contributed by atoms with Crippen molar-refractivity contribution >= 4 is 0 Å². The number of nitrogens with one attached hydrogen (secondary N) is 1. The first-order valence-corrected chi connectivity index (χ1v) is 8.50. The average Bonchev–Trinajstić information content (AvgIpc) is 2.49. The molecule has 1 aromatic rings. The summed E-state index contributed by atoms with van der Waals surface area (Å²) < 4.78 is 5.42. The Hall–Kier alpha value is -1.02. The lowest BCUT2D eigenvalue weighted by atomic mass is 9.75. The highest BCUT2D eigenvalue weighted by molar-refractivity contribution is 5.39. The van der Waals surface area contributed by atoms with Crippen molar-refractivity contribution in [1.29, 1.82) is 0 Å². The van der Waals surface area contributed by atoms with Crippen LogP contribution in [0, 0.1) is 5.41 Å². The second kappa shape index (κ2) is 6.00. The van der Waals surface area contributed by atoms with E-state index in [1.807, 2.05) is 0 Å². The molecule has 21 heavy (non-hydrogen) atoms. The zero-order chi connectivity index (χ0) is 14.9. The van der Waals surface area contributed by atoms with Gasteiger partial charge in [-0.25, -0.2) is 0 Å². The third-order valence-corrected chi connectivity index (χ3v) is 5.44. The van der Waals surface area contributed by atoms with Crippen LogP contribution in [0.4, 0.5) is 0 Å². The van der Waals surface area contributed by atoms with Crippen LogP contribution >= 0.6 is 0 Å². The van der Waals surface area contributed by atoms with Gasteiger partial charge in [-0.3, -0.25) is 0 Å². The molecule has 0 bridgehead atoms. The normalized spacial score (nSPS) is 25.4. The van der Waals surface area contributed by atoms with Gasteiger partial charge in [0.2, 0.25) is 0 Å². The zero-order valence-electron chi connectivity index (χ0n) is 13.7. The maximum atomic E-state index is 5.42. The van der Waals surface area contributed by atoms with E-state index in [9.17, 15) is 0 Å². The molecule has 0 aromatic heterocycles. The Kier molecular flexibility index (Phi) is 4.26. The maximum Gasteiger partial charge on any atom is 0.119 e. The largest absolute Gasteiger partial charge is 0.497 e. The molecule has 1 unspecified atom stereocenters. The first-order chi connectivity index (χ1) is 10.1. The Morgan fingerprint density at radius 1 is 1.14 bits per heavy atom. The fraction of sp³-hybridized carbons (Fsp3) is 0.684. The van der Waals surface area contributed by atoms with Gasteiger partial charge in [0.1, 0.15) is 5.75 Å². The van der Waals surface area contributed by atoms with E-state index in [0.717, 1.165) is 5.75 Å². The van der Waals surface area contributed by atoms with E-state index in [2.05, 4.69) is 37.4 Å². The van der Waals surface area contributed by atoms with Gasteiger partial charge in [-0.2, -0.15) is 0 Å². The Labute approximate surface area is 129 Å². The maximum absolute atomic E-state index is 5.42. The summed E-state index contributed by atoms with van der Waals surface area (Å²) in [6.07, 6.45) is 9.13. The van der Waals surface area contributed by atoms with Crippen molar-refractivity contribution in [1.82, 2.24) is 5.32 Å². The van der Waals surface area contributed by atoms with Crippen molar-refractivity contribution in [3.05, 3.63) is 29.3 Å². The molecule has 2 nitrogen and oxygen atoms in total. The van der Waals surface area contributed by atoms with Gasteiger partial charge in [0.25, 0.3) is 0 Å². The van der Waals surface area contributed by atoms with Crippen LogP contribution in [0.5, 0.6) is 5.75 Å². The molecule has 0 radical (unpaired) electrons. The highest BCUT2D eigenvalue weighted by Gasteiger charge is 2.29. The Morgan fingerprint density at radius 2 is 1.90 bits per heavy atom. The molecular weight excluding hydrogens is 258 g/mol. The summed E-state index contributed by atoms with van der Waals surface area (Å²) in [7, 11) is 1.76. The SMILES string of the molecule is COc1ccc2c(c1)C(NC1CCC(C)(C)CC1)CCC2. The molecule has 116 valence electrons. The summed E-state index contributed by atoms with van der Waals surface area (Å²) in [6, 6.07) is 7.82. The Bertz CT molecular complexity index is 484. The number of methoxy groups -OCH3 is 1. The van der Waals surface area contributed by atoms with Crippen LogP contribution in [0.2, 0.25) is 0 Å². The summed E-state index contributed by atoms with van der Waals surface area (Å²) in [5.41, 5.74) is 3.53. The molecule has 1 aromatic carbocycles. The van der Waals surface area contributed by atoms with Gasteiger partial charge in [-0.05, 0) is 73.6 Å². The minimum atomic E-state index is 0.523. The first-order valence-electron chi connectivity index (χ1n) is 8.50. The summed E-state index contributed by atoms with van der Waals surface area (Å²) in [6.45, 7) is 4.81. The van der Waals surface area contributed by atoms with E-state index in [4.69, 9.17) is 4.74 Å². The van der Waals surface area contributed by atoms with Crippen LogP contribution in [0.25, 0.3) is 0 Å². The van der Waals surface area contributed by atoms with E-state index >= 15 is 0 Å². The lowest BCUT2D eigenvalue weighted by Crippen LogP contribution is -2.38. The summed E-state index contributed by atoms with van der Waals surface area (Å²) in [5, 5.41) is 3.95. The number of hydrogen-bond donors (Lipinski definition) is 1. The molecule has 0 amide bonds. The monoisotopic (exact) mass is 287 g/mol. The summed E-state index contributed by atoms with van der Waals surface area (Å²) in [5.74, 6) is 0.993. The first kappa shape index (κ1) is 14.9. The quantitative estimate of drug-likeness (QED) is 0.875. The molecule has 1 saturated carbocycles. The van der Waals surface area contributed by atoms with Crippen LogP contribution in [0.15, 0.2) is 18.2 Å². The molecular formula is C19H29NO. The second-order valence-corrected chi connectivity index (χ2v) is 7.61. The molecule has 1 fully saturated rings. The van der Waals surface area contributed by atoms with Crippen molar-refractivity contribution in [2.45, 2.75) is 70.9 Å². The van der Waals surface area contributed by atoms with E-state index in [1.54, 1.807) is 7.11 Å². The predicted octanol–water partition coefficient (Wildman–Crippen LogP) is 4.63. The molecule has 2 aliphatic carbocycles. The van der Waals surface area contributed by atoms with Crippen LogP contribution < -0.4 is 10.1 Å². The number of ether oxygens (including phenoxy) is 1. The molecule has 3 rings (SSSR count). The predicted molar refractivity (Wildman–Crippen MR) is 87.8 cm³/mol. The lowest BCUT2D eigenvalue weighted by molar-refractivity contribution is 0.195. The Balaban J connectivity index is 1.70. The topological polar surface area (TPSA) is 21.3 Å². The lowest BCUT2D eigenvalue weighted by Gasteiger charge is -2.38. The summed E-state index contributed by atoms with van der Waals surface area (Å²) in [4.78, 5) is 0. The number of rotatable bonds is 3. The van der Waals surface area contributed by atoms with Crippen molar-refractivity contribution in [2.75, 3.05) is 7.11 Å². The van der Waals surface area contributed by atoms with E-state index in [1.165, 1.54) is 56.1 Å². The van der Waals surface area contributed by atoms with Gasteiger partial charge < -0.3 is 10.1 Å². The minimum absolute atomic E-state index is 0.523. The van der Waals surface area contributed by atoms with E-state index in [-0.39, 0.29) is 0 Å². The second-order valence-electron chi connectivity index (χ2n) is 7.61. The van der Waals surface area contributed by atoms with Crippen LogP contribution in [-0.2, 0) is 6.42 Å². The summed E-state index contributed by atoms with van der Waals surface area (Å²) >= 11 is 0. The van der Waals surface area contributed by atoms with Crippen molar-refractivity contribution in [3.63, 3.8) is 0 Å². The van der Waals surface area contributed by atoms with Gasteiger partial charge in [0.05, 0.1) is 7.11 Å². The number of benzene rings is 1. The number of fused-ring (bicyclic) bond motifs is 1. The molecule has 2 aliphatic rings. The molecule has 1 atom stereocenters. The van der Waals surface area contributed by atoms with E-state index < -0.39 is 0 Å². The highest BCUT2D eigenvalue weighted by atomic mass is 16.5. The molecule has 0 heterocycles. The average molecular weight is 287 g/mol. The molecule has 1 N–H and O–H groups in total. The zero-order valence-corrected chi connectivity index (χ0v) is 13.7. The van der Waals surface area contributed by atoms with Gasteiger partial charge in [-0.15, -0.1) is 0 Å². The fourth-order valence-electron chi connectivity index (χ4n) is 3.93. The molecule has 0 aliphatic heterocycles. The Morgan fingerprint density at radius 3 is 2.62 bits per heavy atom. The van der Waals surface area contributed by atoms with Crippen LogP contribution in [-0.4, -0.2) is 13.2 Å². The van der Waals surface area contributed by atoms with Crippen molar-refractivity contribution in [2.24, 2.45) is 5.41 Å². The minimum Gasteiger partial charge on any atom is -0.497 e. The third kappa shape index (κ3) is 3.42. The number of aryl methyl sites for hydroxylation is 1. The van der Waals surface area contributed by atoms with Crippen LogP contribution in [0.3, 0.4) is 0 Å². The standard InChI is InChI=1S/C19H29NO/c1-19(2)11-9-15(10-12-19)20-18-6-4-5-14-7-8-16(21-3)13-17(14)18/h7-8,13,15,18,20H,4-6,9-12H2,1-3H3. The van der Waals surface area contributed by atoms with Crippen molar-refractivity contribution < 1.29 is 4.74 Å². The van der Waals surface area contributed by atoms with E-state index in [0.29, 0.717) is 17.5 Å². The molecule has 0 saturated heterocycles. The van der Waals surface area contributed by atoms with Gasteiger partial charge in [0.15, 0.2) is 0 Å².